The van der Waals surface area contributed by atoms with Crippen LogP contribution >= 0.6 is 7.26 Å². The van der Waals surface area contributed by atoms with Crippen molar-refractivity contribution in [1.29, 1.82) is 0 Å². The summed E-state index contributed by atoms with van der Waals surface area (Å²) in [6, 6.07) is 36.1. The highest BCUT2D eigenvalue weighted by Gasteiger charge is 2.60. The maximum atomic E-state index is 2.36. The van der Waals surface area contributed by atoms with Crippen molar-refractivity contribution >= 4 is 28.5 Å². The highest BCUT2D eigenvalue weighted by molar-refractivity contribution is 8.03. The summed E-state index contributed by atoms with van der Waals surface area (Å²) in [7, 11) is -1.76. The first kappa shape index (κ1) is 16.2. The molecule has 4 aromatic carbocycles. The summed E-state index contributed by atoms with van der Waals surface area (Å²) in [6.07, 6.45) is 0. The second kappa shape index (κ2) is 5.77. The van der Waals surface area contributed by atoms with Crippen LogP contribution in [-0.2, 0) is 0 Å². The molecule has 0 radical (unpaired) electrons. The van der Waals surface area contributed by atoms with Gasteiger partial charge in [-0.15, -0.1) is 0 Å². The Hall–Kier alpha value is -1.96. The third-order valence-electron chi connectivity index (χ3n) is 5.64. The van der Waals surface area contributed by atoms with Crippen LogP contribution < -0.4 is 45.2 Å². The van der Waals surface area contributed by atoms with Gasteiger partial charge in [0.2, 0.25) is 0 Å². The van der Waals surface area contributed by atoms with Gasteiger partial charge in [0.25, 0.3) is 0 Å². The van der Waals surface area contributed by atoms with Crippen LogP contribution in [0.25, 0.3) is 22.3 Å². The minimum Gasteiger partial charge on any atom is -1.00 e. The lowest BCUT2D eigenvalue weighted by Crippen LogP contribution is -3.00. The lowest BCUT2D eigenvalue weighted by molar-refractivity contribution is -0.00000454. The molecular weight excluding hydrogens is 446 g/mol. The molecule has 0 nitrogen and oxygen atoms in total. The third kappa shape index (κ3) is 1.78. The smallest absolute Gasteiger partial charge is 0.146 e. The van der Waals surface area contributed by atoms with E-state index in [9.17, 15) is 0 Å². The van der Waals surface area contributed by atoms with E-state index < -0.39 is 7.26 Å². The Labute approximate surface area is 171 Å². The average molecular weight is 462 g/mol. The van der Waals surface area contributed by atoms with Crippen LogP contribution in [0.4, 0.5) is 0 Å². The molecule has 0 aliphatic carbocycles. The lowest BCUT2D eigenvalue weighted by atomic mass is 10.1. The molecule has 0 saturated heterocycles. The molecule has 6 rings (SSSR count). The van der Waals surface area contributed by atoms with E-state index in [1.165, 1.54) is 43.5 Å². The fourth-order valence-electron chi connectivity index (χ4n) is 4.75. The van der Waals surface area contributed by atoms with E-state index in [2.05, 4.69) is 97.1 Å². The Morgan fingerprint density at radius 3 is 0.846 bits per heavy atom. The Kier molecular flexibility index (Phi) is 3.60. The number of benzene rings is 4. The van der Waals surface area contributed by atoms with Gasteiger partial charge in [0.1, 0.15) is 28.5 Å². The first-order valence-corrected chi connectivity index (χ1v) is 10.5. The van der Waals surface area contributed by atoms with Crippen LogP contribution in [0.15, 0.2) is 97.1 Å². The summed E-state index contributed by atoms with van der Waals surface area (Å²) >= 11 is 0. The molecule has 1 spiro atoms. The van der Waals surface area contributed by atoms with Gasteiger partial charge in [-0.2, -0.15) is 0 Å². The van der Waals surface area contributed by atoms with Crippen LogP contribution in [0, 0.1) is 0 Å². The van der Waals surface area contributed by atoms with Crippen LogP contribution in [-0.4, -0.2) is 0 Å². The van der Waals surface area contributed by atoms with Crippen molar-refractivity contribution in [2.24, 2.45) is 0 Å². The highest BCUT2D eigenvalue weighted by Crippen LogP contribution is 2.66. The van der Waals surface area contributed by atoms with Crippen molar-refractivity contribution in [1.82, 2.24) is 0 Å². The Morgan fingerprint density at radius 2 is 0.577 bits per heavy atom. The summed E-state index contributed by atoms with van der Waals surface area (Å²) < 4.78 is 0. The summed E-state index contributed by atoms with van der Waals surface area (Å²) in [4.78, 5) is 0. The van der Waals surface area contributed by atoms with Gasteiger partial charge in [0.05, 0.1) is 0 Å². The monoisotopic (exact) mass is 462 g/mol. The molecule has 0 aromatic heterocycles. The Balaban J connectivity index is 0.00000150. The number of hydrogen-bond donors (Lipinski definition) is 0. The van der Waals surface area contributed by atoms with E-state index in [4.69, 9.17) is 0 Å². The standard InChI is InChI=1S/C24H16P.HI/c1-5-13-21-17(9-1)18-10-2-6-14-22(18)25(21)23-15-7-3-11-19(23)20-12-4-8-16-24(20)25;/h1-16H;1H/q+1;/p-1. The number of fused-ring (bicyclic) bond motifs is 10. The van der Waals surface area contributed by atoms with Crippen LogP contribution in [0.1, 0.15) is 0 Å². The van der Waals surface area contributed by atoms with Crippen molar-refractivity contribution < 1.29 is 24.0 Å². The van der Waals surface area contributed by atoms with Crippen molar-refractivity contribution in [3.63, 3.8) is 0 Å². The number of hydrogen-bond acceptors (Lipinski definition) is 0. The SMILES string of the molecule is [I-].c1ccc2c(c1)-c1ccccc1[P+]21c2ccccc2-c2ccccc21. The zero-order valence-electron chi connectivity index (χ0n) is 14.1. The minimum atomic E-state index is -1.76. The molecule has 0 fully saturated rings. The molecule has 0 atom stereocenters. The fraction of sp³-hybridized carbons (Fsp3) is 0. The van der Waals surface area contributed by atoms with Crippen LogP contribution in [0.3, 0.4) is 0 Å². The predicted molar refractivity (Wildman–Crippen MR) is 109 cm³/mol. The first-order valence-electron chi connectivity index (χ1n) is 8.70. The summed E-state index contributed by atoms with van der Waals surface area (Å²) in [5.74, 6) is 0. The molecular formula is C24H16IP. The highest BCUT2D eigenvalue weighted by atomic mass is 127. The van der Waals surface area contributed by atoms with E-state index in [0.717, 1.165) is 0 Å². The van der Waals surface area contributed by atoms with Gasteiger partial charge in [-0.3, -0.25) is 0 Å². The quantitative estimate of drug-likeness (QED) is 0.236. The summed E-state index contributed by atoms with van der Waals surface area (Å²) in [6.45, 7) is 0. The zero-order valence-corrected chi connectivity index (χ0v) is 17.1. The van der Waals surface area contributed by atoms with Crippen LogP contribution in [0.5, 0.6) is 0 Å². The van der Waals surface area contributed by atoms with Crippen molar-refractivity contribution in [2.45, 2.75) is 0 Å². The Bertz CT molecular complexity index is 974. The molecule has 4 aromatic rings. The van der Waals surface area contributed by atoms with Gasteiger partial charge in [0.15, 0.2) is 0 Å². The van der Waals surface area contributed by atoms with Gasteiger partial charge in [-0.25, -0.2) is 0 Å². The molecule has 0 unspecified atom stereocenters. The molecule has 2 aliphatic rings. The molecule has 2 heterocycles. The van der Waals surface area contributed by atoms with Gasteiger partial charge < -0.3 is 24.0 Å². The first-order chi connectivity index (χ1) is 12.4. The fourth-order valence-corrected chi connectivity index (χ4v) is 9.78. The molecule has 0 amide bonds. The Morgan fingerprint density at radius 1 is 0.346 bits per heavy atom. The van der Waals surface area contributed by atoms with Crippen molar-refractivity contribution in [3.05, 3.63) is 97.1 Å². The normalized spacial score (nSPS) is 14.2. The van der Waals surface area contributed by atoms with Gasteiger partial charge in [0, 0.05) is 22.3 Å². The molecule has 0 N–H and O–H groups in total. The van der Waals surface area contributed by atoms with E-state index >= 15 is 0 Å². The van der Waals surface area contributed by atoms with E-state index in [0.29, 0.717) is 0 Å². The van der Waals surface area contributed by atoms with Crippen molar-refractivity contribution in [2.75, 3.05) is 0 Å². The third-order valence-corrected chi connectivity index (χ3v) is 10.1. The zero-order chi connectivity index (χ0) is 16.4. The molecule has 26 heavy (non-hydrogen) atoms. The maximum Gasteiger partial charge on any atom is 0.146 e. The maximum absolute atomic E-state index is 2.36. The van der Waals surface area contributed by atoms with E-state index in [-0.39, 0.29) is 24.0 Å². The van der Waals surface area contributed by atoms with Crippen LogP contribution in [0.2, 0.25) is 0 Å². The van der Waals surface area contributed by atoms with Crippen molar-refractivity contribution in [3.8, 4) is 22.3 Å². The van der Waals surface area contributed by atoms with Gasteiger partial charge >= 0.3 is 0 Å². The molecule has 2 heteroatoms. The van der Waals surface area contributed by atoms with Gasteiger partial charge in [-0.05, 0) is 24.3 Å². The second-order valence-corrected chi connectivity index (χ2v) is 10.0. The van der Waals surface area contributed by atoms with Gasteiger partial charge in [-0.1, -0.05) is 72.8 Å². The molecule has 2 aliphatic heterocycles. The number of halogens is 1. The minimum absolute atomic E-state index is 0. The lowest BCUT2D eigenvalue weighted by Gasteiger charge is -2.20. The summed E-state index contributed by atoms with van der Waals surface area (Å²) in [5, 5.41) is 6.09. The second-order valence-electron chi connectivity index (χ2n) is 6.74. The average Bonchev–Trinajstić information content (AvgIpc) is 3.16. The molecule has 124 valence electrons. The topological polar surface area (TPSA) is 0 Å². The predicted octanol–water partition coefficient (Wildman–Crippen LogP) is 1.27. The largest absolute Gasteiger partial charge is 1.00 e. The van der Waals surface area contributed by atoms with E-state index in [1.54, 1.807) is 0 Å². The molecule has 0 saturated carbocycles. The molecule has 0 bridgehead atoms. The summed E-state index contributed by atoms with van der Waals surface area (Å²) in [5.41, 5.74) is 5.66. The number of rotatable bonds is 0. The van der Waals surface area contributed by atoms with E-state index in [1.807, 2.05) is 0 Å².